The molecule has 1 aromatic heterocycles. The van der Waals surface area contributed by atoms with Crippen molar-refractivity contribution in [2.24, 2.45) is 0 Å². The van der Waals surface area contributed by atoms with Crippen molar-refractivity contribution < 1.29 is 9.59 Å². The van der Waals surface area contributed by atoms with Gasteiger partial charge in [0, 0.05) is 24.2 Å². The zero-order valence-corrected chi connectivity index (χ0v) is 11.4. The lowest BCUT2D eigenvalue weighted by Gasteiger charge is -2.10. The van der Waals surface area contributed by atoms with E-state index in [2.05, 4.69) is 20.8 Å². The molecular weight excluding hydrogens is 258 g/mol. The van der Waals surface area contributed by atoms with Crippen LogP contribution in [0, 0.1) is 0 Å². The van der Waals surface area contributed by atoms with Gasteiger partial charge in [-0.3, -0.25) is 14.7 Å². The number of aromatic amines is 1. The maximum absolute atomic E-state index is 11.7. The Morgan fingerprint density at radius 1 is 1.30 bits per heavy atom. The van der Waals surface area contributed by atoms with Crippen LogP contribution in [-0.4, -0.2) is 54.1 Å². The Hall–Kier alpha value is -2.41. The van der Waals surface area contributed by atoms with Gasteiger partial charge in [0.15, 0.2) is 0 Å². The summed E-state index contributed by atoms with van der Waals surface area (Å²) in [6, 6.07) is 5.27. The van der Waals surface area contributed by atoms with Crippen LogP contribution < -0.4 is 10.6 Å². The van der Waals surface area contributed by atoms with Gasteiger partial charge in [-0.1, -0.05) is 0 Å². The van der Waals surface area contributed by atoms with Gasteiger partial charge in [0.1, 0.15) is 0 Å². The van der Waals surface area contributed by atoms with E-state index in [1.165, 1.54) is 0 Å². The van der Waals surface area contributed by atoms with Crippen LogP contribution in [0.1, 0.15) is 0 Å². The molecule has 0 saturated heterocycles. The third-order valence-corrected chi connectivity index (χ3v) is 2.75. The lowest BCUT2D eigenvalue weighted by atomic mass is 10.2. The number of nitrogens with one attached hydrogen (secondary N) is 3. The quantitative estimate of drug-likeness (QED) is 0.694. The van der Waals surface area contributed by atoms with Crippen LogP contribution in [0.15, 0.2) is 24.4 Å². The van der Waals surface area contributed by atoms with Crippen molar-refractivity contribution in [2.45, 2.75) is 0 Å². The number of amides is 2. The van der Waals surface area contributed by atoms with Crippen LogP contribution >= 0.6 is 0 Å². The molecule has 0 aliphatic carbocycles. The molecule has 0 fully saturated rings. The molecule has 3 N–H and O–H groups in total. The Morgan fingerprint density at radius 3 is 2.85 bits per heavy atom. The highest BCUT2D eigenvalue weighted by molar-refractivity contribution is 6.39. The van der Waals surface area contributed by atoms with Gasteiger partial charge < -0.3 is 15.5 Å². The van der Waals surface area contributed by atoms with Crippen LogP contribution in [0.3, 0.4) is 0 Å². The molecule has 2 aromatic rings. The third-order valence-electron chi connectivity index (χ3n) is 2.75. The number of anilines is 1. The molecule has 0 atom stereocenters. The van der Waals surface area contributed by atoms with Crippen molar-refractivity contribution in [1.29, 1.82) is 0 Å². The Kier molecular flexibility index (Phi) is 4.31. The second-order valence-corrected chi connectivity index (χ2v) is 4.69. The maximum atomic E-state index is 11.7. The van der Waals surface area contributed by atoms with Crippen molar-refractivity contribution in [1.82, 2.24) is 20.4 Å². The summed E-state index contributed by atoms with van der Waals surface area (Å²) in [5, 5.41) is 12.7. The Morgan fingerprint density at radius 2 is 2.10 bits per heavy atom. The molecular formula is C13H17N5O2. The number of nitrogens with zero attached hydrogens (tertiary/aromatic N) is 2. The van der Waals surface area contributed by atoms with Crippen molar-refractivity contribution in [3.8, 4) is 0 Å². The zero-order valence-electron chi connectivity index (χ0n) is 11.4. The minimum atomic E-state index is -0.678. The zero-order chi connectivity index (χ0) is 14.5. The minimum Gasteiger partial charge on any atom is -0.347 e. The van der Waals surface area contributed by atoms with Crippen molar-refractivity contribution >= 4 is 28.4 Å². The lowest BCUT2D eigenvalue weighted by Crippen LogP contribution is -2.38. The molecule has 7 heteroatoms. The first kappa shape index (κ1) is 14.0. The van der Waals surface area contributed by atoms with Gasteiger partial charge in [-0.25, -0.2) is 0 Å². The monoisotopic (exact) mass is 275 g/mol. The normalized spacial score (nSPS) is 10.8. The maximum Gasteiger partial charge on any atom is 0.313 e. The first-order valence-electron chi connectivity index (χ1n) is 6.23. The summed E-state index contributed by atoms with van der Waals surface area (Å²) in [7, 11) is 3.79. The van der Waals surface area contributed by atoms with E-state index in [9.17, 15) is 9.59 Å². The number of aromatic nitrogens is 2. The Balaban J connectivity index is 1.91. The lowest BCUT2D eigenvalue weighted by molar-refractivity contribution is -0.136. The molecule has 0 radical (unpaired) electrons. The number of fused-ring (bicyclic) bond motifs is 1. The van der Waals surface area contributed by atoms with E-state index in [1.807, 2.05) is 25.1 Å². The smallest absolute Gasteiger partial charge is 0.313 e. The third kappa shape index (κ3) is 3.55. The van der Waals surface area contributed by atoms with Crippen molar-refractivity contribution in [3.63, 3.8) is 0 Å². The molecule has 2 amide bonds. The fraction of sp³-hybridized carbons (Fsp3) is 0.308. The predicted octanol–water partition coefficient (Wildman–Crippen LogP) is 0.179. The number of benzene rings is 1. The predicted molar refractivity (Wildman–Crippen MR) is 76.3 cm³/mol. The van der Waals surface area contributed by atoms with Crippen molar-refractivity contribution in [2.75, 3.05) is 32.5 Å². The number of carbonyl (C=O) groups excluding carboxylic acids is 2. The van der Waals surface area contributed by atoms with Gasteiger partial charge in [0.25, 0.3) is 0 Å². The van der Waals surface area contributed by atoms with Gasteiger partial charge in [-0.2, -0.15) is 5.10 Å². The molecule has 0 aliphatic rings. The van der Waals surface area contributed by atoms with Crippen LogP contribution in [0.2, 0.25) is 0 Å². The summed E-state index contributed by atoms with van der Waals surface area (Å²) in [5.74, 6) is -1.32. The number of rotatable bonds is 4. The molecule has 0 saturated carbocycles. The van der Waals surface area contributed by atoms with E-state index < -0.39 is 11.8 Å². The first-order valence-corrected chi connectivity index (χ1v) is 6.23. The topological polar surface area (TPSA) is 90.1 Å². The van der Waals surface area contributed by atoms with Crippen LogP contribution in [0.4, 0.5) is 5.69 Å². The average molecular weight is 275 g/mol. The highest BCUT2D eigenvalue weighted by Crippen LogP contribution is 2.16. The molecule has 0 spiro atoms. The van der Waals surface area contributed by atoms with E-state index in [4.69, 9.17) is 0 Å². The summed E-state index contributed by atoms with van der Waals surface area (Å²) in [6.07, 6.45) is 1.69. The summed E-state index contributed by atoms with van der Waals surface area (Å²) >= 11 is 0. The molecule has 0 unspecified atom stereocenters. The summed E-state index contributed by atoms with van der Waals surface area (Å²) < 4.78 is 0. The summed E-state index contributed by atoms with van der Waals surface area (Å²) in [5.41, 5.74) is 1.35. The fourth-order valence-corrected chi connectivity index (χ4v) is 1.68. The molecule has 7 nitrogen and oxygen atoms in total. The molecule has 0 aliphatic heterocycles. The van der Waals surface area contributed by atoms with E-state index in [0.717, 1.165) is 10.9 Å². The van der Waals surface area contributed by atoms with Gasteiger partial charge in [-0.05, 0) is 32.3 Å². The standard InChI is InChI=1S/C13H17N5O2/c1-18(2)6-5-14-12(19)13(20)16-10-4-3-9-8-15-17-11(9)7-10/h3-4,7-8H,5-6H2,1-2H3,(H,14,19)(H,15,17)(H,16,20). The molecule has 2 rings (SSSR count). The number of hydrogen-bond acceptors (Lipinski definition) is 4. The molecule has 20 heavy (non-hydrogen) atoms. The number of hydrogen-bond donors (Lipinski definition) is 3. The first-order chi connectivity index (χ1) is 9.56. The summed E-state index contributed by atoms with van der Waals surface area (Å²) in [4.78, 5) is 25.2. The highest BCUT2D eigenvalue weighted by Gasteiger charge is 2.13. The largest absolute Gasteiger partial charge is 0.347 e. The van der Waals surface area contributed by atoms with Gasteiger partial charge in [0.2, 0.25) is 0 Å². The van der Waals surface area contributed by atoms with E-state index in [1.54, 1.807) is 18.3 Å². The van der Waals surface area contributed by atoms with Gasteiger partial charge >= 0.3 is 11.8 Å². The number of likely N-dealkylation sites (N-methyl/N-ethyl adjacent to an activating group) is 1. The Bertz CT molecular complexity index is 620. The van der Waals surface area contributed by atoms with Gasteiger partial charge in [0.05, 0.1) is 11.7 Å². The number of H-pyrrole nitrogens is 1. The summed E-state index contributed by atoms with van der Waals surface area (Å²) in [6.45, 7) is 1.11. The molecule has 106 valence electrons. The molecule has 0 bridgehead atoms. The minimum absolute atomic E-state index is 0.429. The fourth-order valence-electron chi connectivity index (χ4n) is 1.68. The van der Waals surface area contributed by atoms with E-state index in [-0.39, 0.29) is 0 Å². The molecule has 1 heterocycles. The van der Waals surface area contributed by atoms with Crippen LogP contribution in [-0.2, 0) is 9.59 Å². The Labute approximate surface area is 116 Å². The van der Waals surface area contributed by atoms with Crippen LogP contribution in [0.5, 0.6) is 0 Å². The van der Waals surface area contributed by atoms with E-state index in [0.29, 0.717) is 18.8 Å². The second kappa shape index (κ2) is 6.16. The van der Waals surface area contributed by atoms with Gasteiger partial charge in [-0.15, -0.1) is 0 Å². The number of carbonyl (C=O) groups is 2. The van der Waals surface area contributed by atoms with Crippen LogP contribution in [0.25, 0.3) is 10.9 Å². The second-order valence-electron chi connectivity index (χ2n) is 4.69. The highest BCUT2D eigenvalue weighted by atomic mass is 16.2. The SMILES string of the molecule is CN(C)CCNC(=O)C(=O)Nc1ccc2cn[nH]c2c1. The van der Waals surface area contributed by atoms with Crippen molar-refractivity contribution in [3.05, 3.63) is 24.4 Å². The molecule has 1 aromatic carbocycles. The average Bonchev–Trinajstić information content (AvgIpc) is 2.85. The van der Waals surface area contributed by atoms with E-state index >= 15 is 0 Å².